The molecule has 7 rings (SSSR count). The summed E-state index contributed by atoms with van der Waals surface area (Å²) in [7, 11) is 0. The number of ether oxygens (including phenoxy) is 1. The molecule has 0 radical (unpaired) electrons. The second-order valence-electron chi connectivity index (χ2n) is 13.4. The first-order chi connectivity index (χ1) is 26.7. The molecule has 2 aliphatic rings. The van der Waals surface area contributed by atoms with E-state index in [1.165, 1.54) is 0 Å². The molecule has 0 aliphatic carbocycles. The number of aliphatic carboxylic acids is 1. The summed E-state index contributed by atoms with van der Waals surface area (Å²) in [6, 6.07) is 37.1. The topological polar surface area (TPSA) is 163 Å². The summed E-state index contributed by atoms with van der Waals surface area (Å²) in [5.74, 6) is -3.47. The van der Waals surface area contributed by atoms with Gasteiger partial charge < -0.3 is 31.1 Å². The van der Waals surface area contributed by atoms with Gasteiger partial charge in [-0.25, -0.2) is 4.79 Å². The Kier molecular flexibility index (Phi) is 12.7. The quantitative estimate of drug-likeness (QED) is 0.146. The fraction of sp³-hybridized carbons (Fsp3) is 0.205. The Morgan fingerprint density at radius 2 is 1.18 bits per heavy atom. The Hall–Kier alpha value is -6.75. The summed E-state index contributed by atoms with van der Waals surface area (Å²) in [5, 5.41) is 21.2. The largest absolute Gasteiger partial charge is 0.484 e. The minimum absolute atomic E-state index is 0.0440. The highest BCUT2D eigenvalue weighted by molar-refractivity contribution is 5.95. The number of aryl methyl sites for hydroxylation is 1. The second kappa shape index (κ2) is 18.3. The van der Waals surface area contributed by atoms with Crippen molar-refractivity contribution in [3.8, 4) is 16.9 Å². The van der Waals surface area contributed by atoms with E-state index in [4.69, 9.17) is 4.74 Å². The molecule has 4 amide bonds. The Balaban J connectivity index is 1.34. The van der Waals surface area contributed by atoms with Crippen molar-refractivity contribution in [3.63, 3.8) is 0 Å². The van der Waals surface area contributed by atoms with Crippen LogP contribution >= 0.6 is 0 Å². The molecular formula is C44H42N4O7. The van der Waals surface area contributed by atoms with E-state index in [1.54, 1.807) is 54.6 Å². The Bertz CT molecular complexity index is 2080. The summed E-state index contributed by atoms with van der Waals surface area (Å²) < 4.78 is 5.69. The normalized spacial score (nSPS) is 19.6. The number of hydrogen-bond acceptors (Lipinski definition) is 6. The molecule has 4 atom stereocenters. The maximum absolute atomic E-state index is 14.3. The van der Waals surface area contributed by atoms with Crippen LogP contribution in [0.4, 0.5) is 0 Å². The molecular weight excluding hydrogens is 697 g/mol. The van der Waals surface area contributed by atoms with Crippen LogP contribution in [0.5, 0.6) is 5.75 Å². The number of amides is 4. The third kappa shape index (κ3) is 10.7. The summed E-state index contributed by atoms with van der Waals surface area (Å²) in [6.45, 7) is -0.412. The summed E-state index contributed by atoms with van der Waals surface area (Å²) >= 11 is 0. The molecule has 5 aromatic carbocycles. The first-order valence-corrected chi connectivity index (χ1v) is 18.1. The molecule has 2 bridgehead atoms. The van der Waals surface area contributed by atoms with Crippen molar-refractivity contribution in [1.29, 1.82) is 0 Å². The van der Waals surface area contributed by atoms with Gasteiger partial charge in [-0.3, -0.25) is 19.2 Å². The number of benzene rings is 5. The van der Waals surface area contributed by atoms with E-state index in [-0.39, 0.29) is 19.3 Å². The number of nitrogens with one attached hydrogen (secondary N) is 4. The third-order valence-corrected chi connectivity index (χ3v) is 9.38. The van der Waals surface area contributed by atoms with Crippen LogP contribution < -0.4 is 26.0 Å². The standard InChI is InChI=1S/C44H42N4O7/c49-39-28-55-35-23-18-31(19-24-35)27-38(44(53)54)47-41(50)36(25-20-29-10-4-1-5-11-29)45-42(51)37(46-43(52)40(48-39)34-14-8-3-9-15-34)26-30-16-21-33(22-17-30)32-12-6-2-7-13-32/h1-19,21-24,36-38,40H,20,25-28H2,(H,45,51)(H,46,52)(H,47,50)(H,48,49)(H,53,54)/t36-,37+,38-,40?/m0/s1. The molecule has 5 aromatic rings. The van der Waals surface area contributed by atoms with Crippen molar-refractivity contribution in [1.82, 2.24) is 21.3 Å². The predicted molar refractivity (Wildman–Crippen MR) is 207 cm³/mol. The number of carbonyl (C=O) groups is 5. The number of rotatable bonds is 8. The van der Waals surface area contributed by atoms with Crippen LogP contribution in [-0.4, -0.2) is 59.4 Å². The van der Waals surface area contributed by atoms with Gasteiger partial charge in [-0.15, -0.1) is 0 Å². The van der Waals surface area contributed by atoms with Gasteiger partial charge in [0.2, 0.25) is 17.7 Å². The number of hydrogen-bond donors (Lipinski definition) is 5. The minimum Gasteiger partial charge on any atom is -0.484 e. The molecule has 280 valence electrons. The highest BCUT2D eigenvalue weighted by Gasteiger charge is 2.32. The van der Waals surface area contributed by atoms with Crippen LogP contribution in [0.25, 0.3) is 11.1 Å². The highest BCUT2D eigenvalue weighted by Crippen LogP contribution is 2.21. The van der Waals surface area contributed by atoms with Crippen LogP contribution in [0.1, 0.15) is 34.7 Å². The molecule has 0 fully saturated rings. The molecule has 5 N–H and O–H groups in total. The van der Waals surface area contributed by atoms with Gasteiger partial charge in [-0.05, 0) is 58.4 Å². The van der Waals surface area contributed by atoms with Crippen molar-refractivity contribution in [2.75, 3.05) is 6.61 Å². The van der Waals surface area contributed by atoms with Crippen LogP contribution in [0.2, 0.25) is 0 Å². The van der Waals surface area contributed by atoms with Crippen molar-refractivity contribution >= 4 is 29.6 Å². The molecule has 11 nitrogen and oxygen atoms in total. The first kappa shape index (κ1) is 38.0. The molecule has 55 heavy (non-hydrogen) atoms. The molecule has 11 heteroatoms. The van der Waals surface area contributed by atoms with Crippen LogP contribution in [0, 0.1) is 0 Å². The van der Waals surface area contributed by atoms with Gasteiger partial charge in [0.25, 0.3) is 5.91 Å². The van der Waals surface area contributed by atoms with Gasteiger partial charge in [-0.2, -0.15) is 0 Å². The van der Waals surface area contributed by atoms with E-state index < -0.39 is 60.4 Å². The fourth-order valence-electron chi connectivity index (χ4n) is 6.39. The molecule has 2 aliphatic heterocycles. The predicted octanol–water partition coefficient (Wildman–Crippen LogP) is 4.56. The maximum Gasteiger partial charge on any atom is 0.326 e. The zero-order chi connectivity index (χ0) is 38.6. The van der Waals surface area contributed by atoms with E-state index in [0.29, 0.717) is 23.3 Å². The Labute approximate surface area is 319 Å². The molecule has 0 saturated carbocycles. The van der Waals surface area contributed by atoms with Crippen molar-refractivity contribution in [3.05, 3.63) is 162 Å². The van der Waals surface area contributed by atoms with Gasteiger partial charge in [0, 0.05) is 12.8 Å². The average molecular weight is 739 g/mol. The third-order valence-electron chi connectivity index (χ3n) is 9.38. The Morgan fingerprint density at radius 3 is 1.84 bits per heavy atom. The fourth-order valence-corrected chi connectivity index (χ4v) is 6.39. The minimum atomic E-state index is -1.31. The smallest absolute Gasteiger partial charge is 0.326 e. The summed E-state index contributed by atoms with van der Waals surface area (Å²) in [5.41, 5.74) is 4.71. The monoisotopic (exact) mass is 738 g/mol. The Morgan fingerprint density at radius 1 is 0.600 bits per heavy atom. The van der Waals surface area contributed by atoms with Crippen molar-refractivity contribution in [2.45, 2.75) is 49.9 Å². The average Bonchev–Trinajstić information content (AvgIpc) is 3.21. The lowest BCUT2D eigenvalue weighted by molar-refractivity contribution is -0.142. The van der Waals surface area contributed by atoms with E-state index in [2.05, 4.69) is 21.3 Å². The van der Waals surface area contributed by atoms with Crippen LogP contribution in [-0.2, 0) is 43.2 Å². The summed E-state index contributed by atoms with van der Waals surface area (Å²) in [6.07, 6.45) is 0.551. The lowest BCUT2D eigenvalue weighted by Gasteiger charge is -2.26. The van der Waals surface area contributed by atoms with Gasteiger partial charge in [-0.1, -0.05) is 127 Å². The highest BCUT2D eigenvalue weighted by atomic mass is 16.5. The maximum atomic E-state index is 14.3. The van der Waals surface area contributed by atoms with Crippen LogP contribution in [0.15, 0.2) is 140 Å². The molecule has 2 heterocycles. The van der Waals surface area contributed by atoms with E-state index in [9.17, 15) is 29.1 Å². The van der Waals surface area contributed by atoms with E-state index in [1.807, 2.05) is 84.9 Å². The van der Waals surface area contributed by atoms with E-state index in [0.717, 1.165) is 22.3 Å². The number of fused-ring (bicyclic) bond motifs is 16. The number of carboxylic acid groups (broad SMARTS) is 1. The number of carbonyl (C=O) groups excluding carboxylic acids is 4. The molecule has 0 spiro atoms. The van der Waals surface area contributed by atoms with Crippen LogP contribution in [0.3, 0.4) is 0 Å². The zero-order valence-corrected chi connectivity index (χ0v) is 30.0. The molecule has 1 unspecified atom stereocenters. The first-order valence-electron chi connectivity index (χ1n) is 18.1. The number of carboxylic acids is 1. The van der Waals surface area contributed by atoms with Gasteiger partial charge in [0.05, 0.1) is 0 Å². The molecule has 0 aromatic heterocycles. The lowest BCUT2D eigenvalue weighted by atomic mass is 9.98. The zero-order valence-electron chi connectivity index (χ0n) is 30.0. The van der Waals surface area contributed by atoms with Gasteiger partial charge in [0.15, 0.2) is 6.61 Å². The SMILES string of the molecule is O=C1COc2ccc(cc2)C[C@@H](C(=O)O)NC(=O)[C@H](CCc2ccccc2)NC(=O)[C@@H](Cc2ccc(-c3ccccc3)cc2)NC(=O)C(c2ccccc2)N1. The van der Waals surface area contributed by atoms with Gasteiger partial charge >= 0.3 is 5.97 Å². The second-order valence-corrected chi connectivity index (χ2v) is 13.4. The lowest BCUT2D eigenvalue weighted by Crippen LogP contribution is -2.57. The molecule has 0 saturated heterocycles. The van der Waals surface area contributed by atoms with Gasteiger partial charge in [0.1, 0.15) is 29.9 Å². The van der Waals surface area contributed by atoms with E-state index >= 15 is 0 Å². The van der Waals surface area contributed by atoms with Crippen molar-refractivity contribution in [2.24, 2.45) is 0 Å². The summed E-state index contributed by atoms with van der Waals surface area (Å²) in [4.78, 5) is 68.0. The van der Waals surface area contributed by atoms with Crippen molar-refractivity contribution < 1.29 is 33.8 Å².